The molecule has 6 nitrogen and oxygen atoms in total. The maximum atomic E-state index is 13.0. The van der Waals surface area contributed by atoms with Gasteiger partial charge in [-0.05, 0) is 38.3 Å². The van der Waals surface area contributed by atoms with Crippen molar-refractivity contribution in [3.8, 4) is 11.5 Å². The summed E-state index contributed by atoms with van der Waals surface area (Å²) in [6.07, 6.45) is 6.18. The molecular formula is C22H29N3O3. The maximum Gasteiger partial charge on any atom is 0.274 e. The summed E-state index contributed by atoms with van der Waals surface area (Å²) in [6, 6.07) is 9.48. The average Bonchev–Trinajstić information content (AvgIpc) is 3.11. The lowest BCUT2D eigenvalue weighted by molar-refractivity contribution is -0.128. The molecule has 0 spiro atoms. The Morgan fingerprint density at radius 3 is 2.54 bits per heavy atom. The van der Waals surface area contributed by atoms with Gasteiger partial charge in [-0.15, -0.1) is 0 Å². The van der Waals surface area contributed by atoms with Crippen molar-refractivity contribution in [3.05, 3.63) is 41.8 Å². The van der Waals surface area contributed by atoms with E-state index in [-0.39, 0.29) is 17.5 Å². The molecule has 2 N–H and O–H groups in total. The van der Waals surface area contributed by atoms with E-state index in [1.807, 2.05) is 30.3 Å². The second-order valence-electron chi connectivity index (χ2n) is 7.50. The maximum absolute atomic E-state index is 13.0. The van der Waals surface area contributed by atoms with Crippen LogP contribution < -0.4 is 10.6 Å². The Morgan fingerprint density at radius 1 is 1.14 bits per heavy atom. The van der Waals surface area contributed by atoms with Crippen molar-refractivity contribution < 1.29 is 14.0 Å². The third kappa shape index (κ3) is 4.43. The molecule has 0 saturated heterocycles. The zero-order chi connectivity index (χ0) is 20.0. The van der Waals surface area contributed by atoms with Gasteiger partial charge in [0, 0.05) is 12.1 Å². The van der Waals surface area contributed by atoms with Crippen LogP contribution in [-0.2, 0) is 4.79 Å². The molecule has 1 aliphatic carbocycles. The largest absolute Gasteiger partial charge is 0.441 e. The Morgan fingerprint density at radius 2 is 1.86 bits per heavy atom. The van der Waals surface area contributed by atoms with Gasteiger partial charge in [0.25, 0.3) is 5.91 Å². The number of hydrogen-bond acceptors (Lipinski definition) is 4. The number of benzene rings is 1. The highest BCUT2D eigenvalue weighted by atomic mass is 16.4. The Hall–Kier alpha value is -2.63. The SMILES string of the molecule is CCCCNC(=O)C1(NC(=O)c2nc(-c3ccccc3)oc2C)CCCCC1. The van der Waals surface area contributed by atoms with Gasteiger partial charge < -0.3 is 15.1 Å². The molecule has 0 unspecified atom stereocenters. The molecule has 2 aromatic rings. The number of aryl methyl sites for hydroxylation is 1. The second-order valence-corrected chi connectivity index (χ2v) is 7.50. The lowest BCUT2D eigenvalue weighted by atomic mass is 9.80. The van der Waals surface area contributed by atoms with Gasteiger partial charge in [0.05, 0.1) is 0 Å². The lowest BCUT2D eigenvalue weighted by Crippen LogP contribution is -2.60. The fraction of sp³-hybridized carbons (Fsp3) is 0.500. The molecule has 0 atom stereocenters. The van der Waals surface area contributed by atoms with Gasteiger partial charge >= 0.3 is 0 Å². The van der Waals surface area contributed by atoms with Crippen LogP contribution in [0.4, 0.5) is 0 Å². The Bertz CT molecular complexity index is 808. The predicted molar refractivity (Wildman–Crippen MR) is 108 cm³/mol. The van der Waals surface area contributed by atoms with Gasteiger partial charge in [-0.1, -0.05) is 50.8 Å². The van der Waals surface area contributed by atoms with Crippen LogP contribution in [0.3, 0.4) is 0 Å². The number of rotatable bonds is 7. The standard InChI is InChI=1S/C22H29N3O3/c1-3-4-15-23-21(27)22(13-9-6-10-14-22)25-19(26)18-16(2)28-20(24-18)17-11-7-5-8-12-17/h5,7-8,11-12H,3-4,6,9-10,13-15H2,1-2H3,(H,23,27)(H,25,26). The number of amides is 2. The molecule has 6 heteroatoms. The molecule has 3 rings (SSSR count). The Labute approximate surface area is 166 Å². The fourth-order valence-electron chi connectivity index (χ4n) is 3.70. The number of oxazole rings is 1. The fourth-order valence-corrected chi connectivity index (χ4v) is 3.70. The summed E-state index contributed by atoms with van der Waals surface area (Å²) >= 11 is 0. The summed E-state index contributed by atoms with van der Waals surface area (Å²) < 4.78 is 5.71. The smallest absolute Gasteiger partial charge is 0.274 e. The lowest BCUT2D eigenvalue weighted by Gasteiger charge is -2.36. The molecule has 1 fully saturated rings. The Balaban J connectivity index is 1.79. The first-order valence-electron chi connectivity index (χ1n) is 10.2. The molecule has 150 valence electrons. The van der Waals surface area contributed by atoms with Gasteiger partial charge in [-0.3, -0.25) is 9.59 Å². The minimum Gasteiger partial charge on any atom is -0.441 e. The highest BCUT2D eigenvalue weighted by molar-refractivity contribution is 5.99. The van der Waals surface area contributed by atoms with Crippen molar-refractivity contribution in [1.82, 2.24) is 15.6 Å². The highest BCUT2D eigenvalue weighted by Gasteiger charge is 2.41. The monoisotopic (exact) mass is 383 g/mol. The van der Waals surface area contributed by atoms with Crippen LogP contribution in [0.2, 0.25) is 0 Å². The summed E-state index contributed by atoms with van der Waals surface area (Å²) in [6.45, 7) is 4.44. The average molecular weight is 383 g/mol. The van der Waals surface area contributed by atoms with E-state index >= 15 is 0 Å². The number of nitrogens with zero attached hydrogens (tertiary/aromatic N) is 1. The van der Waals surface area contributed by atoms with Crippen molar-refractivity contribution in [2.45, 2.75) is 64.3 Å². The normalized spacial score (nSPS) is 15.8. The predicted octanol–water partition coefficient (Wildman–Crippen LogP) is 4.00. The van der Waals surface area contributed by atoms with Crippen LogP contribution in [0, 0.1) is 6.92 Å². The van der Waals surface area contributed by atoms with Crippen LogP contribution in [0.15, 0.2) is 34.7 Å². The van der Waals surface area contributed by atoms with Gasteiger partial charge in [0.1, 0.15) is 11.3 Å². The Kier molecular flexibility index (Phi) is 6.49. The van der Waals surface area contributed by atoms with Crippen LogP contribution in [0.25, 0.3) is 11.5 Å². The van der Waals surface area contributed by atoms with Crippen molar-refractivity contribution >= 4 is 11.8 Å². The molecule has 28 heavy (non-hydrogen) atoms. The molecule has 1 aliphatic rings. The first-order valence-corrected chi connectivity index (χ1v) is 10.2. The summed E-state index contributed by atoms with van der Waals surface area (Å²) in [5.41, 5.74) is 0.195. The van der Waals surface area contributed by atoms with E-state index in [9.17, 15) is 9.59 Å². The molecular weight excluding hydrogens is 354 g/mol. The zero-order valence-corrected chi connectivity index (χ0v) is 16.7. The highest BCUT2D eigenvalue weighted by Crippen LogP contribution is 2.29. The van der Waals surface area contributed by atoms with Crippen molar-refractivity contribution in [2.24, 2.45) is 0 Å². The van der Waals surface area contributed by atoms with E-state index in [1.165, 1.54) is 0 Å². The minimum absolute atomic E-state index is 0.0848. The molecule has 2 amide bonds. The quantitative estimate of drug-likeness (QED) is 0.708. The number of nitrogens with one attached hydrogen (secondary N) is 2. The first-order chi connectivity index (χ1) is 13.6. The summed E-state index contributed by atoms with van der Waals surface area (Å²) in [5, 5.41) is 6.01. The number of aromatic nitrogens is 1. The van der Waals surface area contributed by atoms with Crippen LogP contribution in [0.5, 0.6) is 0 Å². The van der Waals surface area contributed by atoms with Crippen LogP contribution in [-0.4, -0.2) is 28.9 Å². The van der Waals surface area contributed by atoms with Gasteiger partial charge in [-0.25, -0.2) is 4.98 Å². The molecule has 1 saturated carbocycles. The third-order valence-electron chi connectivity index (χ3n) is 5.34. The van der Waals surface area contributed by atoms with E-state index in [1.54, 1.807) is 6.92 Å². The number of hydrogen-bond donors (Lipinski definition) is 2. The summed E-state index contributed by atoms with van der Waals surface area (Å²) in [7, 11) is 0. The van der Waals surface area contributed by atoms with E-state index in [4.69, 9.17) is 4.42 Å². The van der Waals surface area contributed by atoms with Gasteiger partial charge in [0.2, 0.25) is 11.8 Å². The molecule has 0 aliphatic heterocycles. The zero-order valence-electron chi connectivity index (χ0n) is 16.7. The summed E-state index contributed by atoms with van der Waals surface area (Å²) in [5.74, 6) is 0.427. The molecule has 1 aromatic heterocycles. The number of carbonyl (C=O) groups excluding carboxylic acids is 2. The molecule has 1 aromatic carbocycles. The van der Waals surface area contributed by atoms with E-state index in [0.717, 1.165) is 37.7 Å². The molecule has 0 radical (unpaired) electrons. The number of carbonyl (C=O) groups is 2. The third-order valence-corrected chi connectivity index (χ3v) is 5.34. The van der Waals surface area contributed by atoms with E-state index < -0.39 is 5.54 Å². The molecule has 0 bridgehead atoms. The van der Waals surface area contributed by atoms with Crippen LogP contribution >= 0.6 is 0 Å². The van der Waals surface area contributed by atoms with Gasteiger partial charge in [0.15, 0.2) is 5.69 Å². The minimum atomic E-state index is -0.860. The van der Waals surface area contributed by atoms with Crippen molar-refractivity contribution in [2.75, 3.05) is 6.54 Å². The van der Waals surface area contributed by atoms with Crippen molar-refractivity contribution in [1.29, 1.82) is 0 Å². The molecule has 1 heterocycles. The number of unbranched alkanes of at least 4 members (excludes halogenated alkanes) is 1. The topological polar surface area (TPSA) is 84.2 Å². The van der Waals surface area contributed by atoms with Gasteiger partial charge in [-0.2, -0.15) is 0 Å². The van der Waals surface area contributed by atoms with Crippen molar-refractivity contribution in [3.63, 3.8) is 0 Å². The first kappa shape index (κ1) is 20.1. The second kappa shape index (κ2) is 9.04. The van der Waals surface area contributed by atoms with E-state index in [0.29, 0.717) is 31.0 Å². The van der Waals surface area contributed by atoms with Crippen LogP contribution in [0.1, 0.15) is 68.1 Å². The summed E-state index contributed by atoms with van der Waals surface area (Å²) in [4.78, 5) is 30.3. The van der Waals surface area contributed by atoms with E-state index in [2.05, 4.69) is 22.5 Å².